The third-order valence-electron chi connectivity index (χ3n) is 3.42. The maximum Gasteiger partial charge on any atom is 0.237 e. The molecule has 0 saturated heterocycles. The van der Waals surface area contributed by atoms with E-state index in [1.54, 1.807) is 11.8 Å². The Labute approximate surface area is 123 Å². The number of carbonyl (C=O) groups is 1. The van der Waals surface area contributed by atoms with Crippen molar-refractivity contribution in [2.75, 3.05) is 12.8 Å². The lowest BCUT2D eigenvalue weighted by Gasteiger charge is -2.14. The van der Waals surface area contributed by atoms with Crippen molar-refractivity contribution >= 4 is 28.6 Å². The van der Waals surface area contributed by atoms with Crippen molar-refractivity contribution in [3.8, 4) is 0 Å². The van der Waals surface area contributed by atoms with Gasteiger partial charge in [-0.3, -0.25) is 4.79 Å². The number of thioether (sulfide) groups is 1. The van der Waals surface area contributed by atoms with Gasteiger partial charge in [0.2, 0.25) is 5.91 Å². The van der Waals surface area contributed by atoms with E-state index in [0.717, 1.165) is 16.5 Å². The van der Waals surface area contributed by atoms with Gasteiger partial charge >= 0.3 is 0 Å². The minimum Gasteiger partial charge on any atom is -0.361 e. The SMILES string of the molecule is CSC(C)CNC(=O)[C@H](N)Cc1c[nH]c2ccccc12. The molecule has 0 fully saturated rings. The smallest absolute Gasteiger partial charge is 0.237 e. The van der Waals surface area contributed by atoms with E-state index in [-0.39, 0.29) is 5.91 Å². The second-order valence-corrected chi connectivity index (χ2v) is 6.24. The van der Waals surface area contributed by atoms with Crippen LogP contribution in [-0.2, 0) is 11.2 Å². The van der Waals surface area contributed by atoms with Crippen LogP contribution in [0, 0.1) is 0 Å². The molecule has 0 aliphatic rings. The van der Waals surface area contributed by atoms with E-state index in [0.29, 0.717) is 18.2 Å². The molecule has 108 valence electrons. The molecule has 2 rings (SSSR count). The van der Waals surface area contributed by atoms with E-state index in [1.807, 2.05) is 36.7 Å². The minimum absolute atomic E-state index is 0.0869. The molecule has 2 aromatic rings. The van der Waals surface area contributed by atoms with Crippen LogP contribution in [0.2, 0.25) is 0 Å². The number of nitrogens with one attached hydrogen (secondary N) is 2. The largest absolute Gasteiger partial charge is 0.361 e. The molecule has 1 amide bonds. The van der Waals surface area contributed by atoms with Crippen molar-refractivity contribution in [1.29, 1.82) is 0 Å². The molecule has 1 aromatic carbocycles. The summed E-state index contributed by atoms with van der Waals surface area (Å²) in [6.45, 7) is 2.73. The molecule has 0 aliphatic carbocycles. The zero-order chi connectivity index (χ0) is 14.5. The molecule has 4 N–H and O–H groups in total. The Morgan fingerprint density at radius 1 is 1.45 bits per heavy atom. The maximum absolute atomic E-state index is 12.0. The van der Waals surface area contributed by atoms with Crippen LogP contribution in [0.3, 0.4) is 0 Å². The number of hydrogen-bond donors (Lipinski definition) is 3. The fraction of sp³-hybridized carbons (Fsp3) is 0.400. The molecular formula is C15H21N3OS. The molecule has 0 bridgehead atoms. The van der Waals surface area contributed by atoms with Gasteiger partial charge < -0.3 is 16.0 Å². The molecule has 0 radical (unpaired) electrons. The molecule has 0 aliphatic heterocycles. The van der Waals surface area contributed by atoms with Gasteiger partial charge in [-0.25, -0.2) is 0 Å². The number of nitrogens with two attached hydrogens (primary N) is 1. The number of para-hydroxylation sites is 1. The van der Waals surface area contributed by atoms with E-state index in [4.69, 9.17) is 5.73 Å². The molecule has 5 heteroatoms. The number of aromatic nitrogens is 1. The van der Waals surface area contributed by atoms with Crippen molar-refractivity contribution in [2.45, 2.75) is 24.6 Å². The normalized spacial score (nSPS) is 14.2. The lowest BCUT2D eigenvalue weighted by atomic mass is 10.1. The Hall–Kier alpha value is -1.46. The van der Waals surface area contributed by atoms with Crippen LogP contribution in [0.1, 0.15) is 12.5 Å². The van der Waals surface area contributed by atoms with Gasteiger partial charge in [-0.2, -0.15) is 11.8 Å². The van der Waals surface area contributed by atoms with Crippen LogP contribution in [0.15, 0.2) is 30.5 Å². The third kappa shape index (κ3) is 3.55. The zero-order valence-corrected chi connectivity index (χ0v) is 12.7. The van der Waals surface area contributed by atoms with Crippen LogP contribution in [-0.4, -0.2) is 35.0 Å². The lowest BCUT2D eigenvalue weighted by Crippen LogP contribution is -2.43. The molecule has 20 heavy (non-hydrogen) atoms. The highest BCUT2D eigenvalue weighted by molar-refractivity contribution is 7.99. The molecular weight excluding hydrogens is 270 g/mol. The molecule has 0 spiro atoms. The Balaban J connectivity index is 1.97. The number of benzene rings is 1. The fourth-order valence-electron chi connectivity index (χ4n) is 2.09. The lowest BCUT2D eigenvalue weighted by molar-refractivity contribution is -0.122. The first-order chi connectivity index (χ1) is 9.61. The highest BCUT2D eigenvalue weighted by Crippen LogP contribution is 2.18. The van der Waals surface area contributed by atoms with E-state index >= 15 is 0 Å². The Morgan fingerprint density at radius 3 is 2.95 bits per heavy atom. The summed E-state index contributed by atoms with van der Waals surface area (Å²) in [4.78, 5) is 15.2. The number of carbonyl (C=O) groups excluding carboxylic acids is 1. The van der Waals surface area contributed by atoms with Gasteiger partial charge in [0.25, 0.3) is 0 Å². The molecule has 1 heterocycles. The van der Waals surface area contributed by atoms with Crippen LogP contribution in [0.5, 0.6) is 0 Å². The molecule has 0 saturated carbocycles. The third-order valence-corrected chi connectivity index (χ3v) is 4.39. The Kier molecular flexibility index (Phi) is 5.09. The Bertz CT molecular complexity index is 581. The quantitative estimate of drug-likeness (QED) is 0.761. The van der Waals surface area contributed by atoms with E-state index < -0.39 is 6.04 Å². The molecule has 4 nitrogen and oxygen atoms in total. The van der Waals surface area contributed by atoms with Crippen LogP contribution in [0.25, 0.3) is 10.9 Å². The first-order valence-corrected chi connectivity index (χ1v) is 8.01. The number of rotatable bonds is 6. The number of amides is 1. The molecule has 2 atom stereocenters. The molecule has 1 aromatic heterocycles. The first-order valence-electron chi connectivity index (χ1n) is 6.73. The van der Waals surface area contributed by atoms with Crippen LogP contribution >= 0.6 is 11.8 Å². The minimum atomic E-state index is -0.511. The van der Waals surface area contributed by atoms with Gasteiger partial charge in [-0.15, -0.1) is 0 Å². The van der Waals surface area contributed by atoms with Gasteiger partial charge in [0.15, 0.2) is 0 Å². The average molecular weight is 291 g/mol. The highest BCUT2D eigenvalue weighted by Gasteiger charge is 2.16. The summed E-state index contributed by atoms with van der Waals surface area (Å²) in [7, 11) is 0. The fourth-order valence-corrected chi connectivity index (χ4v) is 2.34. The average Bonchev–Trinajstić information content (AvgIpc) is 2.87. The topological polar surface area (TPSA) is 70.9 Å². The number of aromatic amines is 1. The van der Waals surface area contributed by atoms with Gasteiger partial charge in [-0.05, 0) is 24.3 Å². The van der Waals surface area contributed by atoms with Crippen molar-refractivity contribution in [2.24, 2.45) is 5.73 Å². The monoisotopic (exact) mass is 291 g/mol. The molecule has 1 unspecified atom stereocenters. The van der Waals surface area contributed by atoms with Crippen molar-refractivity contribution in [1.82, 2.24) is 10.3 Å². The van der Waals surface area contributed by atoms with Crippen molar-refractivity contribution < 1.29 is 4.79 Å². The zero-order valence-electron chi connectivity index (χ0n) is 11.8. The van der Waals surface area contributed by atoms with Gasteiger partial charge in [0.05, 0.1) is 6.04 Å². The van der Waals surface area contributed by atoms with E-state index in [2.05, 4.69) is 17.2 Å². The number of fused-ring (bicyclic) bond motifs is 1. The van der Waals surface area contributed by atoms with E-state index in [9.17, 15) is 4.79 Å². The van der Waals surface area contributed by atoms with E-state index in [1.165, 1.54) is 0 Å². The summed E-state index contributed by atoms with van der Waals surface area (Å²) in [5, 5.41) is 4.43. The second-order valence-electron chi connectivity index (χ2n) is 4.96. The standard InChI is InChI=1S/C15H21N3OS/c1-10(20-2)8-18-15(19)13(16)7-11-9-17-14-6-4-3-5-12(11)14/h3-6,9-10,13,17H,7-8,16H2,1-2H3,(H,18,19)/t10?,13-/m1/s1. The number of H-pyrrole nitrogens is 1. The highest BCUT2D eigenvalue weighted by atomic mass is 32.2. The Morgan fingerprint density at radius 2 is 2.20 bits per heavy atom. The van der Waals surface area contributed by atoms with Crippen molar-refractivity contribution in [3.63, 3.8) is 0 Å². The van der Waals surface area contributed by atoms with Gasteiger partial charge in [0.1, 0.15) is 0 Å². The summed E-state index contributed by atoms with van der Waals surface area (Å²) in [5.74, 6) is -0.0869. The summed E-state index contributed by atoms with van der Waals surface area (Å²) in [6.07, 6.45) is 4.51. The summed E-state index contributed by atoms with van der Waals surface area (Å²) in [6, 6.07) is 7.53. The summed E-state index contributed by atoms with van der Waals surface area (Å²) < 4.78 is 0. The second kappa shape index (κ2) is 6.81. The predicted molar refractivity (Wildman–Crippen MR) is 86.0 cm³/mol. The first kappa shape index (κ1) is 14.9. The van der Waals surface area contributed by atoms with Gasteiger partial charge in [-0.1, -0.05) is 25.1 Å². The van der Waals surface area contributed by atoms with Crippen LogP contribution in [0.4, 0.5) is 0 Å². The van der Waals surface area contributed by atoms with Gasteiger partial charge in [0, 0.05) is 28.9 Å². The summed E-state index contributed by atoms with van der Waals surface area (Å²) >= 11 is 1.73. The maximum atomic E-state index is 12.0. The van der Waals surface area contributed by atoms with Crippen LogP contribution < -0.4 is 11.1 Å². The predicted octanol–water partition coefficient (Wildman–Crippen LogP) is 1.91. The summed E-state index contributed by atoms with van der Waals surface area (Å²) in [5.41, 5.74) is 8.15. The number of hydrogen-bond acceptors (Lipinski definition) is 3. The van der Waals surface area contributed by atoms with Crippen molar-refractivity contribution in [3.05, 3.63) is 36.0 Å².